The molecule has 1 rings (SSSR count). The molecule has 2 atom stereocenters. The number of hydrogen-bond donors (Lipinski definition) is 1. The van der Waals surface area contributed by atoms with Crippen LogP contribution in [0.1, 0.15) is 103 Å². The summed E-state index contributed by atoms with van der Waals surface area (Å²) < 4.78 is 11.7. The second-order valence-electron chi connectivity index (χ2n) is 8.40. The number of rotatable bonds is 20. The summed E-state index contributed by atoms with van der Waals surface area (Å²) >= 11 is 0. The Kier molecular flexibility index (Phi) is 17.2. The molecule has 0 radical (unpaired) electrons. The number of hydrogen-bond acceptors (Lipinski definition) is 3. The molecule has 3 heteroatoms. The van der Waals surface area contributed by atoms with Crippen LogP contribution < -0.4 is 0 Å². The molecule has 0 spiro atoms. The summed E-state index contributed by atoms with van der Waals surface area (Å²) in [5.41, 5.74) is 1.30. The Hall–Kier alpha value is -0.900. The van der Waals surface area contributed by atoms with Crippen LogP contribution in [0.4, 0.5) is 0 Å². The Bertz CT molecular complexity index is 447. The van der Waals surface area contributed by atoms with E-state index in [0.29, 0.717) is 6.61 Å². The Morgan fingerprint density at radius 2 is 1.31 bits per heavy atom. The van der Waals surface area contributed by atoms with Gasteiger partial charge in [0.25, 0.3) is 0 Å². The van der Waals surface area contributed by atoms with Crippen molar-refractivity contribution in [3.63, 3.8) is 0 Å². The van der Waals surface area contributed by atoms with Crippen LogP contribution >= 0.6 is 0 Å². The normalized spacial score (nSPS) is 13.5. The molecule has 1 aromatic rings. The van der Waals surface area contributed by atoms with E-state index in [1.807, 2.05) is 6.07 Å². The summed E-state index contributed by atoms with van der Waals surface area (Å²) in [5, 5.41) is 9.49. The summed E-state index contributed by atoms with van der Waals surface area (Å²) in [6, 6.07) is 10.4. The molecular formula is C26H46O3. The summed E-state index contributed by atoms with van der Waals surface area (Å²) in [7, 11) is 0. The maximum Gasteiger partial charge on any atom is 0.158 e. The summed E-state index contributed by atoms with van der Waals surface area (Å²) in [4.78, 5) is 0. The number of aliphatic hydroxyl groups is 1. The van der Waals surface area contributed by atoms with Crippen LogP contribution in [0, 0.1) is 0 Å². The van der Waals surface area contributed by atoms with Gasteiger partial charge in [-0.15, -0.1) is 0 Å². The molecule has 29 heavy (non-hydrogen) atoms. The van der Waals surface area contributed by atoms with E-state index in [-0.39, 0.29) is 6.29 Å². The molecule has 0 bridgehead atoms. The average Bonchev–Trinajstić information content (AvgIpc) is 2.73. The molecule has 0 aliphatic carbocycles. The molecule has 168 valence electrons. The van der Waals surface area contributed by atoms with Crippen LogP contribution in [0.3, 0.4) is 0 Å². The quantitative estimate of drug-likeness (QED) is 0.186. The van der Waals surface area contributed by atoms with Crippen molar-refractivity contribution >= 4 is 0 Å². The highest BCUT2D eigenvalue weighted by Crippen LogP contribution is 2.13. The number of benzene rings is 1. The Morgan fingerprint density at radius 3 is 1.86 bits per heavy atom. The van der Waals surface area contributed by atoms with E-state index < -0.39 is 6.10 Å². The summed E-state index contributed by atoms with van der Waals surface area (Å²) in [6.45, 7) is 5.10. The highest BCUT2D eigenvalue weighted by molar-refractivity contribution is 5.14. The third-order valence-electron chi connectivity index (χ3n) is 5.34. The summed E-state index contributed by atoms with van der Waals surface area (Å²) in [6.07, 6.45) is 17.3. The predicted octanol–water partition coefficient (Wildman–Crippen LogP) is 7.06. The molecule has 0 aliphatic heterocycles. The first-order chi connectivity index (χ1) is 14.2. The molecular weight excluding hydrogens is 360 g/mol. The van der Waals surface area contributed by atoms with E-state index in [9.17, 15) is 5.11 Å². The fourth-order valence-corrected chi connectivity index (χ4v) is 3.55. The molecule has 0 fully saturated rings. The van der Waals surface area contributed by atoms with E-state index in [1.54, 1.807) is 6.92 Å². The molecule has 0 amide bonds. The van der Waals surface area contributed by atoms with Gasteiger partial charge in [0.1, 0.15) is 0 Å². The predicted molar refractivity (Wildman–Crippen MR) is 123 cm³/mol. The number of ether oxygens (including phenoxy) is 2. The smallest absolute Gasteiger partial charge is 0.158 e. The second-order valence-corrected chi connectivity index (χ2v) is 8.40. The van der Waals surface area contributed by atoms with Gasteiger partial charge in [-0.3, -0.25) is 0 Å². The zero-order chi connectivity index (χ0) is 21.0. The Labute approximate surface area is 180 Å². The lowest BCUT2D eigenvalue weighted by Gasteiger charge is -2.19. The van der Waals surface area contributed by atoms with Gasteiger partial charge in [-0.25, -0.2) is 0 Å². The minimum absolute atomic E-state index is 0.225. The van der Waals surface area contributed by atoms with Gasteiger partial charge in [0.2, 0.25) is 0 Å². The van der Waals surface area contributed by atoms with Crippen LogP contribution in [-0.2, 0) is 15.9 Å². The molecule has 1 N–H and O–H groups in total. The van der Waals surface area contributed by atoms with Crippen LogP contribution in [0.5, 0.6) is 0 Å². The molecule has 0 saturated carbocycles. The van der Waals surface area contributed by atoms with Crippen molar-refractivity contribution in [1.29, 1.82) is 0 Å². The maximum absolute atomic E-state index is 9.49. The highest BCUT2D eigenvalue weighted by Gasteiger charge is 2.11. The van der Waals surface area contributed by atoms with E-state index in [4.69, 9.17) is 9.47 Å². The third-order valence-corrected chi connectivity index (χ3v) is 5.34. The van der Waals surface area contributed by atoms with Crippen molar-refractivity contribution in [3.8, 4) is 0 Å². The topological polar surface area (TPSA) is 38.7 Å². The Morgan fingerprint density at radius 1 is 0.759 bits per heavy atom. The number of aryl methyl sites for hydroxylation is 1. The van der Waals surface area contributed by atoms with Gasteiger partial charge >= 0.3 is 0 Å². The van der Waals surface area contributed by atoms with Crippen molar-refractivity contribution in [3.05, 3.63) is 35.9 Å². The fourth-order valence-electron chi connectivity index (χ4n) is 3.55. The van der Waals surface area contributed by atoms with Crippen molar-refractivity contribution in [2.75, 3.05) is 13.2 Å². The summed E-state index contributed by atoms with van der Waals surface area (Å²) in [5.74, 6) is 0. The molecule has 0 aromatic heterocycles. The van der Waals surface area contributed by atoms with Crippen LogP contribution in [0.15, 0.2) is 30.3 Å². The van der Waals surface area contributed by atoms with Crippen molar-refractivity contribution in [2.45, 2.75) is 116 Å². The van der Waals surface area contributed by atoms with Crippen LogP contribution in [0.25, 0.3) is 0 Å². The second kappa shape index (κ2) is 19.1. The van der Waals surface area contributed by atoms with Crippen molar-refractivity contribution < 1.29 is 14.6 Å². The zero-order valence-corrected chi connectivity index (χ0v) is 19.1. The third kappa shape index (κ3) is 16.6. The molecule has 2 unspecified atom stereocenters. The van der Waals surface area contributed by atoms with E-state index in [2.05, 4.69) is 31.2 Å². The molecule has 3 nitrogen and oxygen atoms in total. The van der Waals surface area contributed by atoms with Gasteiger partial charge in [0, 0.05) is 13.0 Å². The van der Waals surface area contributed by atoms with Crippen LogP contribution in [0.2, 0.25) is 0 Å². The number of aliphatic hydroxyl groups excluding tert-OH is 1. The lowest BCUT2D eigenvalue weighted by atomic mass is 10.1. The van der Waals surface area contributed by atoms with Gasteiger partial charge in [-0.2, -0.15) is 0 Å². The minimum atomic E-state index is -0.454. The lowest BCUT2D eigenvalue weighted by molar-refractivity contribution is -0.159. The average molecular weight is 407 g/mol. The van der Waals surface area contributed by atoms with Crippen molar-refractivity contribution in [2.24, 2.45) is 0 Å². The van der Waals surface area contributed by atoms with Crippen LogP contribution in [-0.4, -0.2) is 30.7 Å². The Balaban J connectivity index is 2.02. The fraction of sp³-hybridized carbons (Fsp3) is 0.769. The van der Waals surface area contributed by atoms with Gasteiger partial charge in [-0.05, 0) is 25.3 Å². The van der Waals surface area contributed by atoms with Gasteiger partial charge < -0.3 is 14.6 Å². The van der Waals surface area contributed by atoms with E-state index in [1.165, 1.54) is 76.2 Å². The lowest BCUT2D eigenvalue weighted by Crippen LogP contribution is -2.23. The zero-order valence-electron chi connectivity index (χ0n) is 19.1. The first kappa shape index (κ1) is 26.1. The standard InChI is InChI=1S/C26H46O3/c1-3-4-5-6-7-8-9-10-11-12-13-17-22-28-26(29-23-24(2)27)21-20-25-18-15-14-16-19-25/h14-16,18-19,24,26-27H,3-13,17,20-23H2,1-2H3. The van der Waals surface area contributed by atoms with E-state index in [0.717, 1.165) is 25.9 Å². The van der Waals surface area contributed by atoms with E-state index >= 15 is 0 Å². The van der Waals surface area contributed by atoms with Gasteiger partial charge in [0.15, 0.2) is 6.29 Å². The van der Waals surface area contributed by atoms with Gasteiger partial charge in [-0.1, -0.05) is 108 Å². The minimum Gasteiger partial charge on any atom is -0.391 e. The largest absolute Gasteiger partial charge is 0.391 e. The number of unbranched alkanes of at least 4 members (excludes halogenated alkanes) is 11. The first-order valence-corrected chi connectivity index (χ1v) is 12.2. The van der Waals surface area contributed by atoms with Gasteiger partial charge in [0.05, 0.1) is 12.7 Å². The SMILES string of the molecule is CCCCCCCCCCCCCCOC(CCc1ccccc1)OCC(C)O. The molecule has 1 aromatic carbocycles. The van der Waals surface area contributed by atoms with Crippen molar-refractivity contribution in [1.82, 2.24) is 0 Å². The monoisotopic (exact) mass is 406 g/mol. The molecule has 0 heterocycles. The molecule has 0 aliphatic rings. The maximum atomic E-state index is 9.49. The molecule has 0 saturated heterocycles. The highest BCUT2D eigenvalue weighted by atomic mass is 16.7. The first-order valence-electron chi connectivity index (χ1n) is 12.2.